The summed E-state index contributed by atoms with van der Waals surface area (Å²) in [5, 5.41) is 2.92. The lowest BCUT2D eigenvalue weighted by Gasteiger charge is -2.31. The summed E-state index contributed by atoms with van der Waals surface area (Å²) in [6.45, 7) is 3.08. The third-order valence-corrected chi connectivity index (χ3v) is 6.51. The molecule has 1 saturated heterocycles. The summed E-state index contributed by atoms with van der Waals surface area (Å²) in [5.41, 5.74) is 0.245. The van der Waals surface area contributed by atoms with Crippen molar-refractivity contribution >= 4 is 22.0 Å². The van der Waals surface area contributed by atoms with Gasteiger partial charge < -0.3 is 19.7 Å². The van der Waals surface area contributed by atoms with Gasteiger partial charge in [-0.2, -0.15) is 0 Å². The molecule has 3 rings (SSSR count). The molecule has 29 heavy (non-hydrogen) atoms. The second-order valence-corrected chi connectivity index (χ2v) is 8.88. The van der Waals surface area contributed by atoms with Crippen LogP contribution in [-0.2, 0) is 14.8 Å². The highest BCUT2D eigenvalue weighted by Gasteiger charge is 2.31. The van der Waals surface area contributed by atoms with E-state index in [1.54, 1.807) is 11.8 Å². The summed E-state index contributed by atoms with van der Waals surface area (Å²) in [6.07, 6.45) is 2.49. The fourth-order valence-electron chi connectivity index (χ4n) is 3.20. The van der Waals surface area contributed by atoms with Crippen molar-refractivity contribution in [3.05, 3.63) is 23.8 Å². The van der Waals surface area contributed by atoms with Gasteiger partial charge >= 0.3 is 6.09 Å². The summed E-state index contributed by atoms with van der Waals surface area (Å²) in [7, 11) is -2.37. The first kappa shape index (κ1) is 21.4. The van der Waals surface area contributed by atoms with E-state index in [9.17, 15) is 18.0 Å². The van der Waals surface area contributed by atoms with E-state index in [0.29, 0.717) is 32.5 Å². The lowest BCUT2D eigenvalue weighted by molar-refractivity contribution is 0.0860. The molecule has 160 valence electrons. The van der Waals surface area contributed by atoms with Crippen molar-refractivity contribution in [3.8, 4) is 5.75 Å². The number of rotatable bonds is 7. The van der Waals surface area contributed by atoms with Crippen LogP contribution >= 0.6 is 0 Å². The van der Waals surface area contributed by atoms with Crippen LogP contribution in [0.15, 0.2) is 23.1 Å². The molecule has 1 saturated carbocycles. The molecule has 0 aromatic heterocycles. The maximum atomic E-state index is 12.7. The van der Waals surface area contributed by atoms with E-state index in [4.69, 9.17) is 9.47 Å². The summed E-state index contributed by atoms with van der Waals surface area (Å²) in [5.74, 6) is -0.164. The fourth-order valence-corrected chi connectivity index (χ4v) is 4.70. The molecular weight excluding hydrogens is 398 g/mol. The Hall–Kier alpha value is -2.33. The summed E-state index contributed by atoms with van der Waals surface area (Å²) in [6, 6.07) is 4.22. The molecule has 10 heteroatoms. The second-order valence-electron chi connectivity index (χ2n) is 7.19. The largest absolute Gasteiger partial charge is 0.495 e. The van der Waals surface area contributed by atoms with E-state index in [2.05, 4.69) is 10.0 Å². The number of nitrogens with one attached hydrogen (secondary N) is 2. The van der Waals surface area contributed by atoms with Crippen molar-refractivity contribution in [2.24, 2.45) is 0 Å². The maximum absolute atomic E-state index is 12.7. The van der Waals surface area contributed by atoms with Crippen LogP contribution in [0.4, 0.5) is 4.79 Å². The monoisotopic (exact) mass is 425 g/mol. The van der Waals surface area contributed by atoms with Gasteiger partial charge in [0, 0.05) is 30.7 Å². The standard InChI is InChI=1S/C19H27N3O6S/c1-3-28-19(24)22-10-8-14(9-11-22)20-18(23)13-4-7-16(27-2)17(12-13)29(25,26)21-15-5-6-15/h4,7,12,14-15,21H,3,5-6,8-11H2,1-2H3,(H,20,23). The second kappa shape index (κ2) is 9.00. The Morgan fingerprint density at radius 3 is 2.41 bits per heavy atom. The number of hydrogen-bond donors (Lipinski definition) is 2. The van der Waals surface area contributed by atoms with Gasteiger partial charge in [0.05, 0.1) is 13.7 Å². The predicted octanol–water partition coefficient (Wildman–Crippen LogP) is 1.49. The number of amides is 2. The average molecular weight is 426 g/mol. The number of sulfonamides is 1. The quantitative estimate of drug-likeness (QED) is 0.684. The van der Waals surface area contributed by atoms with Crippen LogP contribution in [0.25, 0.3) is 0 Å². The Morgan fingerprint density at radius 2 is 1.83 bits per heavy atom. The summed E-state index contributed by atoms with van der Waals surface area (Å²) in [4.78, 5) is 26.0. The third-order valence-electron chi connectivity index (χ3n) is 4.97. The summed E-state index contributed by atoms with van der Waals surface area (Å²) >= 11 is 0. The van der Waals surface area contributed by atoms with Crippen molar-refractivity contribution in [2.45, 2.75) is 49.6 Å². The van der Waals surface area contributed by atoms with E-state index in [0.717, 1.165) is 12.8 Å². The van der Waals surface area contributed by atoms with Crippen molar-refractivity contribution in [1.82, 2.24) is 14.9 Å². The lowest BCUT2D eigenvalue weighted by Crippen LogP contribution is -2.46. The Labute approximate surface area is 170 Å². The first-order valence-corrected chi connectivity index (χ1v) is 11.2. The van der Waals surface area contributed by atoms with Crippen LogP contribution < -0.4 is 14.8 Å². The van der Waals surface area contributed by atoms with Crippen LogP contribution in [0.5, 0.6) is 5.75 Å². The van der Waals surface area contributed by atoms with E-state index >= 15 is 0 Å². The highest BCUT2D eigenvalue weighted by atomic mass is 32.2. The highest BCUT2D eigenvalue weighted by molar-refractivity contribution is 7.89. The van der Waals surface area contributed by atoms with Crippen molar-refractivity contribution in [1.29, 1.82) is 0 Å². The molecule has 2 N–H and O–H groups in total. The van der Waals surface area contributed by atoms with E-state index in [-0.39, 0.29) is 40.3 Å². The van der Waals surface area contributed by atoms with Crippen LogP contribution in [0.2, 0.25) is 0 Å². The normalized spacial score (nSPS) is 17.7. The van der Waals surface area contributed by atoms with Crippen molar-refractivity contribution in [3.63, 3.8) is 0 Å². The van der Waals surface area contributed by atoms with Crippen LogP contribution in [0, 0.1) is 0 Å². The lowest BCUT2D eigenvalue weighted by atomic mass is 10.0. The number of benzene rings is 1. The van der Waals surface area contributed by atoms with Gasteiger partial charge in [-0.3, -0.25) is 4.79 Å². The van der Waals surface area contributed by atoms with E-state index < -0.39 is 10.0 Å². The number of carbonyl (C=O) groups is 2. The minimum Gasteiger partial charge on any atom is -0.495 e. The first-order valence-electron chi connectivity index (χ1n) is 9.77. The number of methoxy groups -OCH3 is 1. The molecule has 1 aliphatic carbocycles. The minimum atomic E-state index is -3.76. The number of nitrogens with zero attached hydrogens (tertiary/aromatic N) is 1. The van der Waals surface area contributed by atoms with Gasteiger partial charge in [-0.05, 0) is 50.8 Å². The zero-order chi connectivity index (χ0) is 21.0. The molecular formula is C19H27N3O6S. The molecule has 0 radical (unpaired) electrons. The van der Waals surface area contributed by atoms with E-state index in [1.807, 2.05) is 0 Å². The molecule has 1 aromatic carbocycles. The first-order chi connectivity index (χ1) is 13.8. The van der Waals surface area contributed by atoms with Gasteiger partial charge in [0.15, 0.2) is 0 Å². The molecule has 9 nitrogen and oxygen atoms in total. The van der Waals surface area contributed by atoms with Crippen LogP contribution in [0.3, 0.4) is 0 Å². The molecule has 0 bridgehead atoms. The molecule has 1 heterocycles. The van der Waals surface area contributed by atoms with Gasteiger partial charge in [-0.1, -0.05) is 0 Å². The van der Waals surface area contributed by atoms with Gasteiger partial charge in [0.25, 0.3) is 5.91 Å². The topological polar surface area (TPSA) is 114 Å². The summed E-state index contributed by atoms with van der Waals surface area (Å²) < 4.78 is 38.0. The number of piperidine rings is 1. The SMILES string of the molecule is CCOC(=O)N1CCC(NC(=O)c2ccc(OC)c(S(=O)(=O)NC3CC3)c2)CC1. The molecule has 2 amide bonds. The average Bonchev–Trinajstić information content (AvgIpc) is 3.51. The number of likely N-dealkylation sites (tertiary alicyclic amines) is 1. The minimum absolute atomic E-state index is 0.0447. The van der Waals surface area contributed by atoms with Crippen LogP contribution in [-0.4, -0.2) is 64.2 Å². The zero-order valence-electron chi connectivity index (χ0n) is 16.6. The highest BCUT2D eigenvalue weighted by Crippen LogP contribution is 2.28. The van der Waals surface area contributed by atoms with Crippen LogP contribution in [0.1, 0.15) is 43.0 Å². The molecule has 2 aliphatic rings. The zero-order valence-corrected chi connectivity index (χ0v) is 17.5. The predicted molar refractivity (Wildman–Crippen MR) is 105 cm³/mol. The molecule has 0 atom stereocenters. The number of hydrogen-bond acceptors (Lipinski definition) is 6. The van der Waals surface area contributed by atoms with Gasteiger partial charge in [0.1, 0.15) is 10.6 Å². The van der Waals surface area contributed by atoms with Crippen molar-refractivity contribution in [2.75, 3.05) is 26.8 Å². The molecule has 1 aliphatic heterocycles. The smallest absolute Gasteiger partial charge is 0.409 e. The number of ether oxygens (including phenoxy) is 2. The number of carbonyl (C=O) groups excluding carboxylic acids is 2. The molecule has 2 fully saturated rings. The Kier molecular flexibility index (Phi) is 6.63. The Bertz CT molecular complexity index is 861. The van der Waals surface area contributed by atoms with Gasteiger partial charge in [-0.25, -0.2) is 17.9 Å². The Balaban J connectivity index is 1.65. The van der Waals surface area contributed by atoms with Gasteiger partial charge in [0.2, 0.25) is 10.0 Å². The van der Waals surface area contributed by atoms with Gasteiger partial charge in [-0.15, -0.1) is 0 Å². The third kappa shape index (κ3) is 5.39. The fraction of sp³-hybridized carbons (Fsp3) is 0.579. The van der Waals surface area contributed by atoms with Crippen molar-refractivity contribution < 1.29 is 27.5 Å². The molecule has 0 spiro atoms. The van der Waals surface area contributed by atoms with E-state index in [1.165, 1.54) is 25.3 Å². The Morgan fingerprint density at radius 1 is 1.14 bits per heavy atom. The molecule has 0 unspecified atom stereocenters. The maximum Gasteiger partial charge on any atom is 0.409 e. The molecule has 1 aromatic rings.